The molecule has 2 aromatic heterocycles. The van der Waals surface area contributed by atoms with Gasteiger partial charge in [0.25, 0.3) is 5.91 Å². The van der Waals surface area contributed by atoms with E-state index in [4.69, 9.17) is 4.42 Å². The first-order valence-electron chi connectivity index (χ1n) is 7.51. The Morgan fingerprint density at radius 3 is 2.95 bits per heavy atom. The number of anilines is 1. The molecule has 112 valence electrons. The van der Waals surface area contributed by atoms with E-state index in [-0.39, 0.29) is 5.91 Å². The summed E-state index contributed by atoms with van der Waals surface area (Å²) < 4.78 is 5.08. The zero-order chi connectivity index (χ0) is 14.7. The number of furan rings is 1. The lowest BCUT2D eigenvalue weighted by Gasteiger charge is -2.30. The fraction of sp³-hybridized carbons (Fsp3) is 0.438. The maximum Gasteiger partial charge on any atom is 0.292 e. The van der Waals surface area contributed by atoms with Gasteiger partial charge >= 0.3 is 0 Å². The number of carbonyl (C=O) groups is 1. The highest BCUT2D eigenvalue weighted by Crippen LogP contribution is 2.29. The molecule has 1 aliphatic rings. The van der Waals surface area contributed by atoms with Gasteiger partial charge in [0, 0.05) is 6.20 Å². The zero-order valence-corrected chi connectivity index (χ0v) is 12.3. The molecule has 0 aliphatic carbocycles. The Balaban J connectivity index is 1.60. The summed E-state index contributed by atoms with van der Waals surface area (Å²) in [4.78, 5) is 17.5. The quantitative estimate of drug-likeness (QED) is 0.908. The minimum absolute atomic E-state index is 0.228. The number of H-pyrrole nitrogens is 1. The maximum absolute atomic E-state index is 11.9. The van der Waals surface area contributed by atoms with E-state index in [1.165, 1.54) is 24.7 Å². The third-order valence-corrected chi connectivity index (χ3v) is 4.20. The lowest BCUT2D eigenvalue weighted by molar-refractivity contribution is 0.0996. The molecule has 2 aromatic rings. The van der Waals surface area contributed by atoms with Gasteiger partial charge in [0.15, 0.2) is 5.76 Å². The molecular weight excluding hydrogens is 266 g/mol. The van der Waals surface area contributed by atoms with Crippen molar-refractivity contribution in [2.24, 2.45) is 0 Å². The van der Waals surface area contributed by atoms with Crippen LogP contribution in [0.2, 0.25) is 0 Å². The molecule has 1 fully saturated rings. The molecule has 0 radical (unpaired) electrons. The van der Waals surface area contributed by atoms with Gasteiger partial charge in [-0.15, -0.1) is 0 Å². The molecule has 0 spiro atoms. The fourth-order valence-corrected chi connectivity index (χ4v) is 2.89. The lowest BCUT2D eigenvalue weighted by Crippen LogP contribution is -2.32. The van der Waals surface area contributed by atoms with Crippen molar-refractivity contribution in [1.29, 1.82) is 0 Å². The van der Waals surface area contributed by atoms with Gasteiger partial charge in [-0.2, -0.15) is 0 Å². The number of likely N-dealkylation sites (tertiary alicyclic amines) is 1. The van der Waals surface area contributed by atoms with E-state index < -0.39 is 0 Å². The van der Waals surface area contributed by atoms with Crippen molar-refractivity contribution < 1.29 is 9.21 Å². The van der Waals surface area contributed by atoms with Crippen LogP contribution in [0.1, 0.15) is 41.8 Å². The third kappa shape index (κ3) is 3.19. The molecule has 1 saturated heterocycles. The Morgan fingerprint density at radius 2 is 2.29 bits per heavy atom. The number of piperidine rings is 1. The van der Waals surface area contributed by atoms with Crippen LogP contribution in [0, 0.1) is 0 Å². The van der Waals surface area contributed by atoms with Gasteiger partial charge in [0.2, 0.25) is 0 Å². The number of amides is 1. The van der Waals surface area contributed by atoms with Crippen LogP contribution in [0.3, 0.4) is 0 Å². The Bertz CT molecular complexity index is 580. The average molecular weight is 287 g/mol. The largest absolute Gasteiger partial charge is 0.459 e. The molecule has 2 N–H and O–H groups in total. The first kappa shape index (κ1) is 13.9. The minimum Gasteiger partial charge on any atom is -0.459 e. The summed E-state index contributed by atoms with van der Waals surface area (Å²) in [6.45, 7) is 5.64. The summed E-state index contributed by atoms with van der Waals surface area (Å²) in [6.07, 6.45) is 5.86. The van der Waals surface area contributed by atoms with Gasteiger partial charge in [0.1, 0.15) is 5.82 Å². The number of aromatic nitrogens is 1. The van der Waals surface area contributed by atoms with E-state index in [1.54, 1.807) is 12.1 Å². The summed E-state index contributed by atoms with van der Waals surface area (Å²) in [5, 5.41) is 2.83. The molecule has 3 rings (SSSR count). The number of nitrogens with one attached hydrogen (secondary N) is 2. The van der Waals surface area contributed by atoms with E-state index in [9.17, 15) is 4.79 Å². The van der Waals surface area contributed by atoms with Gasteiger partial charge in [-0.05, 0) is 62.2 Å². The van der Waals surface area contributed by atoms with Crippen LogP contribution in [0.4, 0.5) is 5.82 Å². The van der Waals surface area contributed by atoms with Gasteiger partial charge in [0.05, 0.1) is 6.26 Å². The molecule has 0 bridgehead atoms. The highest BCUT2D eigenvalue weighted by Gasteiger charge is 2.21. The second-order valence-corrected chi connectivity index (χ2v) is 5.49. The lowest BCUT2D eigenvalue weighted by atomic mass is 9.91. The van der Waals surface area contributed by atoms with Crippen LogP contribution in [-0.2, 0) is 0 Å². The number of carbonyl (C=O) groups excluding carboxylic acids is 1. The molecule has 0 atom stereocenters. The molecule has 0 unspecified atom stereocenters. The highest BCUT2D eigenvalue weighted by molar-refractivity contribution is 6.01. The summed E-state index contributed by atoms with van der Waals surface area (Å²) in [5.41, 5.74) is 1.28. The van der Waals surface area contributed by atoms with E-state index in [2.05, 4.69) is 22.1 Å². The van der Waals surface area contributed by atoms with Crippen molar-refractivity contribution in [3.05, 3.63) is 42.0 Å². The molecule has 21 heavy (non-hydrogen) atoms. The second-order valence-electron chi connectivity index (χ2n) is 5.49. The van der Waals surface area contributed by atoms with Gasteiger partial charge in [-0.3, -0.25) is 4.79 Å². The normalized spacial score (nSPS) is 17.0. The van der Waals surface area contributed by atoms with Crippen LogP contribution >= 0.6 is 0 Å². The number of aromatic amines is 1. The SMILES string of the molecule is CCN1CCC(c2c[nH]c(NC(=O)c3ccco3)c2)CC1. The predicted octanol–water partition coefficient (Wildman–Crippen LogP) is 3.06. The van der Waals surface area contributed by atoms with E-state index in [1.807, 2.05) is 12.3 Å². The second kappa shape index (κ2) is 6.18. The molecule has 5 nitrogen and oxygen atoms in total. The smallest absolute Gasteiger partial charge is 0.292 e. The summed E-state index contributed by atoms with van der Waals surface area (Å²) >= 11 is 0. The molecule has 5 heteroatoms. The number of hydrogen-bond donors (Lipinski definition) is 2. The number of nitrogens with zero attached hydrogens (tertiary/aromatic N) is 1. The van der Waals surface area contributed by atoms with Gasteiger partial charge < -0.3 is 19.6 Å². The van der Waals surface area contributed by atoms with Crippen LogP contribution < -0.4 is 5.32 Å². The summed E-state index contributed by atoms with van der Waals surface area (Å²) in [7, 11) is 0. The van der Waals surface area contributed by atoms with Crippen molar-refractivity contribution in [1.82, 2.24) is 9.88 Å². The molecule has 0 aromatic carbocycles. The van der Waals surface area contributed by atoms with Crippen molar-refractivity contribution in [2.75, 3.05) is 25.0 Å². The van der Waals surface area contributed by atoms with Crippen LogP contribution in [0.5, 0.6) is 0 Å². The molecular formula is C16H21N3O2. The molecule has 3 heterocycles. The highest BCUT2D eigenvalue weighted by atomic mass is 16.3. The molecule has 1 amide bonds. The monoisotopic (exact) mass is 287 g/mol. The predicted molar refractivity (Wildman–Crippen MR) is 81.5 cm³/mol. The Labute approximate surface area is 124 Å². The number of rotatable bonds is 4. The van der Waals surface area contributed by atoms with E-state index in [0.29, 0.717) is 11.7 Å². The van der Waals surface area contributed by atoms with Crippen molar-refractivity contribution in [3.8, 4) is 0 Å². The van der Waals surface area contributed by atoms with Gasteiger partial charge in [-0.1, -0.05) is 6.92 Å². The first-order valence-corrected chi connectivity index (χ1v) is 7.51. The summed E-state index contributed by atoms with van der Waals surface area (Å²) in [6, 6.07) is 5.39. The summed E-state index contributed by atoms with van der Waals surface area (Å²) in [5.74, 6) is 1.40. The average Bonchev–Trinajstić information content (AvgIpc) is 3.19. The van der Waals surface area contributed by atoms with Crippen LogP contribution in [-0.4, -0.2) is 35.4 Å². The third-order valence-electron chi connectivity index (χ3n) is 4.20. The van der Waals surface area contributed by atoms with E-state index >= 15 is 0 Å². The number of hydrogen-bond acceptors (Lipinski definition) is 3. The topological polar surface area (TPSA) is 61.3 Å². The Kier molecular flexibility index (Phi) is 4.10. The van der Waals surface area contributed by atoms with Crippen molar-refractivity contribution >= 4 is 11.7 Å². The molecule has 0 saturated carbocycles. The standard InChI is InChI=1S/C16H21N3O2/c1-2-19-7-5-12(6-8-19)13-10-15(17-11-13)18-16(20)14-4-3-9-21-14/h3-4,9-12,17H,2,5-8H2,1H3,(H,18,20). The van der Waals surface area contributed by atoms with Crippen molar-refractivity contribution in [3.63, 3.8) is 0 Å². The minimum atomic E-state index is -0.228. The Hall–Kier alpha value is -2.01. The Morgan fingerprint density at radius 1 is 1.48 bits per heavy atom. The van der Waals surface area contributed by atoms with Crippen LogP contribution in [0.15, 0.2) is 35.1 Å². The molecule has 1 aliphatic heterocycles. The maximum atomic E-state index is 11.9. The first-order chi connectivity index (χ1) is 10.3. The van der Waals surface area contributed by atoms with E-state index in [0.717, 1.165) is 25.5 Å². The fourth-order valence-electron chi connectivity index (χ4n) is 2.89. The zero-order valence-electron chi connectivity index (χ0n) is 12.3. The van der Waals surface area contributed by atoms with Crippen molar-refractivity contribution in [2.45, 2.75) is 25.7 Å². The van der Waals surface area contributed by atoms with Crippen LogP contribution in [0.25, 0.3) is 0 Å². The van der Waals surface area contributed by atoms with Gasteiger partial charge in [-0.25, -0.2) is 0 Å².